The SMILES string of the molecule is CC(C)(C)OC(=O)N(C1CC1)C1CCN(C(=O)C(F)(F)F)CC1.c1ccccc1. The van der Waals surface area contributed by atoms with Crippen molar-refractivity contribution in [3.05, 3.63) is 36.4 Å². The summed E-state index contributed by atoms with van der Waals surface area (Å²) in [7, 11) is 0. The second kappa shape index (κ2) is 9.50. The normalized spacial score (nSPS) is 17.8. The Hall–Kier alpha value is -2.25. The van der Waals surface area contributed by atoms with Gasteiger partial charge in [-0.25, -0.2) is 4.79 Å². The maximum absolute atomic E-state index is 12.5. The van der Waals surface area contributed by atoms with Crippen LogP contribution in [-0.4, -0.2) is 58.8 Å². The zero-order valence-corrected chi connectivity index (χ0v) is 17.1. The van der Waals surface area contributed by atoms with Crippen LogP contribution in [-0.2, 0) is 9.53 Å². The van der Waals surface area contributed by atoms with Crippen molar-refractivity contribution in [3.8, 4) is 0 Å². The molecule has 0 atom stereocenters. The van der Waals surface area contributed by atoms with Gasteiger partial charge in [0.2, 0.25) is 0 Å². The molecule has 2 amide bonds. The number of piperidine rings is 1. The fourth-order valence-electron chi connectivity index (χ4n) is 3.17. The van der Waals surface area contributed by atoms with E-state index in [0.717, 1.165) is 17.7 Å². The van der Waals surface area contributed by atoms with E-state index in [2.05, 4.69) is 0 Å². The van der Waals surface area contributed by atoms with Crippen LogP contribution in [0, 0.1) is 0 Å². The molecule has 0 N–H and O–H groups in total. The second-order valence-electron chi connectivity index (χ2n) is 8.29. The van der Waals surface area contributed by atoms with Crippen molar-refractivity contribution in [1.29, 1.82) is 0 Å². The fraction of sp³-hybridized carbons (Fsp3) is 0.619. The summed E-state index contributed by atoms with van der Waals surface area (Å²) in [5, 5.41) is 0. The number of amides is 2. The van der Waals surface area contributed by atoms with Crippen LogP contribution >= 0.6 is 0 Å². The highest BCUT2D eigenvalue weighted by Crippen LogP contribution is 2.33. The number of alkyl halides is 3. The van der Waals surface area contributed by atoms with Crippen LogP contribution < -0.4 is 0 Å². The van der Waals surface area contributed by atoms with Gasteiger partial charge in [-0.1, -0.05) is 36.4 Å². The molecule has 1 saturated heterocycles. The molecule has 2 fully saturated rings. The molecule has 1 saturated carbocycles. The van der Waals surface area contributed by atoms with Gasteiger partial charge in [0.15, 0.2) is 0 Å². The van der Waals surface area contributed by atoms with E-state index >= 15 is 0 Å². The maximum Gasteiger partial charge on any atom is 0.471 e. The number of benzene rings is 1. The summed E-state index contributed by atoms with van der Waals surface area (Å²) in [5.74, 6) is -1.80. The van der Waals surface area contributed by atoms with E-state index < -0.39 is 23.8 Å². The molecule has 2 aliphatic rings. The molecule has 0 spiro atoms. The predicted molar refractivity (Wildman–Crippen MR) is 103 cm³/mol. The first-order valence-electron chi connectivity index (χ1n) is 9.86. The van der Waals surface area contributed by atoms with Gasteiger partial charge < -0.3 is 14.5 Å². The third kappa shape index (κ3) is 7.59. The van der Waals surface area contributed by atoms with E-state index in [4.69, 9.17) is 4.74 Å². The summed E-state index contributed by atoms with van der Waals surface area (Å²) in [4.78, 5) is 26.1. The van der Waals surface area contributed by atoms with Crippen LogP contribution in [0.25, 0.3) is 0 Å². The van der Waals surface area contributed by atoms with E-state index in [1.54, 1.807) is 25.7 Å². The van der Waals surface area contributed by atoms with Gasteiger partial charge in [0.05, 0.1) is 0 Å². The fourth-order valence-corrected chi connectivity index (χ4v) is 3.17. The van der Waals surface area contributed by atoms with Gasteiger partial charge in [0, 0.05) is 25.2 Å². The number of rotatable bonds is 2. The summed E-state index contributed by atoms with van der Waals surface area (Å²) in [6.07, 6.45) is -2.79. The number of ether oxygens (including phenoxy) is 1. The van der Waals surface area contributed by atoms with Gasteiger partial charge in [-0.05, 0) is 46.5 Å². The van der Waals surface area contributed by atoms with Crippen LogP contribution in [0.4, 0.5) is 18.0 Å². The lowest BCUT2D eigenvalue weighted by Crippen LogP contribution is -2.52. The van der Waals surface area contributed by atoms with E-state index in [-0.39, 0.29) is 25.2 Å². The molecule has 1 heterocycles. The number of nitrogens with zero attached hydrogens (tertiary/aromatic N) is 2. The average molecular weight is 414 g/mol. The molecule has 8 heteroatoms. The highest BCUT2D eigenvalue weighted by Gasteiger charge is 2.45. The molecule has 162 valence electrons. The Labute approximate surface area is 169 Å². The first kappa shape index (κ1) is 23.0. The van der Waals surface area contributed by atoms with Gasteiger partial charge in [-0.15, -0.1) is 0 Å². The summed E-state index contributed by atoms with van der Waals surface area (Å²) < 4.78 is 42.8. The van der Waals surface area contributed by atoms with E-state index in [9.17, 15) is 22.8 Å². The minimum atomic E-state index is -4.84. The number of carbonyl (C=O) groups excluding carboxylic acids is 2. The van der Waals surface area contributed by atoms with Crippen LogP contribution in [0.1, 0.15) is 46.5 Å². The van der Waals surface area contributed by atoms with E-state index in [1.165, 1.54) is 0 Å². The molecule has 0 radical (unpaired) electrons. The zero-order chi connectivity index (χ0) is 21.7. The molecule has 1 aromatic carbocycles. The number of likely N-dealkylation sites (tertiary alicyclic amines) is 1. The van der Waals surface area contributed by atoms with Gasteiger partial charge in [0.25, 0.3) is 0 Å². The Kier molecular flexibility index (Phi) is 7.54. The van der Waals surface area contributed by atoms with Crippen molar-refractivity contribution in [3.63, 3.8) is 0 Å². The summed E-state index contributed by atoms with van der Waals surface area (Å²) in [5.41, 5.74) is -0.614. The highest BCUT2D eigenvalue weighted by molar-refractivity contribution is 5.82. The topological polar surface area (TPSA) is 49.9 Å². The summed E-state index contributed by atoms with van der Waals surface area (Å²) >= 11 is 0. The quantitative estimate of drug-likeness (QED) is 0.709. The Balaban J connectivity index is 0.000000426. The predicted octanol–water partition coefficient (Wildman–Crippen LogP) is 4.63. The van der Waals surface area contributed by atoms with Crippen molar-refractivity contribution in [2.45, 2.75) is 70.3 Å². The monoisotopic (exact) mass is 414 g/mol. The standard InChI is InChI=1S/C15H23F3N2O3.C6H6/c1-14(2,3)23-13(22)20(10-4-5-10)11-6-8-19(9-7-11)12(21)15(16,17)18;1-2-4-6-5-3-1/h10-11H,4-9H2,1-3H3;1-6H. The largest absolute Gasteiger partial charge is 0.471 e. The molecule has 29 heavy (non-hydrogen) atoms. The van der Waals surface area contributed by atoms with Crippen LogP contribution in [0.5, 0.6) is 0 Å². The van der Waals surface area contributed by atoms with Crippen LogP contribution in [0.2, 0.25) is 0 Å². The van der Waals surface area contributed by atoms with Crippen molar-refractivity contribution in [2.24, 2.45) is 0 Å². The first-order valence-corrected chi connectivity index (χ1v) is 9.86. The number of hydrogen-bond acceptors (Lipinski definition) is 3. The van der Waals surface area contributed by atoms with E-state index in [1.807, 2.05) is 36.4 Å². The lowest BCUT2D eigenvalue weighted by atomic mass is 10.0. The minimum absolute atomic E-state index is 0.00896. The van der Waals surface area contributed by atoms with Gasteiger partial charge in [-0.3, -0.25) is 4.79 Å². The third-order valence-electron chi connectivity index (χ3n) is 4.60. The van der Waals surface area contributed by atoms with E-state index in [0.29, 0.717) is 12.8 Å². The van der Waals surface area contributed by atoms with Crippen LogP contribution in [0.3, 0.4) is 0 Å². The Morgan fingerprint density at radius 1 is 0.862 bits per heavy atom. The summed E-state index contributed by atoms with van der Waals surface area (Å²) in [6.45, 7) is 5.35. The molecule has 0 aromatic heterocycles. The van der Waals surface area contributed by atoms with Crippen molar-refractivity contribution < 1.29 is 27.5 Å². The minimum Gasteiger partial charge on any atom is -0.444 e. The van der Waals surface area contributed by atoms with Crippen molar-refractivity contribution in [2.75, 3.05) is 13.1 Å². The third-order valence-corrected chi connectivity index (χ3v) is 4.60. The maximum atomic E-state index is 12.5. The second-order valence-corrected chi connectivity index (χ2v) is 8.29. The average Bonchev–Trinajstić information content (AvgIpc) is 3.46. The van der Waals surface area contributed by atoms with Gasteiger partial charge in [-0.2, -0.15) is 13.2 Å². The smallest absolute Gasteiger partial charge is 0.444 e. The number of hydrogen-bond donors (Lipinski definition) is 0. The number of halogens is 3. The molecular formula is C21H29F3N2O3. The Morgan fingerprint density at radius 2 is 1.28 bits per heavy atom. The highest BCUT2D eigenvalue weighted by atomic mass is 19.4. The molecule has 0 unspecified atom stereocenters. The Bertz CT molecular complexity index is 635. The summed E-state index contributed by atoms with van der Waals surface area (Å²) in [6, 6.07) is 11.9. The molecule has 0 bridgehead atoms. The number of carbonyl (C=O) groups is 2. The van der Waals surface area contributed by atoms with Crippen LogP contribution in [0.15, 0.2) is 36.4 Å². The first-order chi connectivity index (χ1) is 13.5. The van der Waals surface area contributed by atoms with Gasteiger partial charge in [0.1, 0.15) is 5.60 Å². The lowest BCUT2D eigenvalue weighted by molar-refractivity contribution is -0.186. The Morgan fingerprint density at radius 3 is 1.62 bits per heavy atom. The molecule has 5 nitrogen and oxygen atoms in total. The molecular weight excluding hydrogens is 385 g/mol. The lowest BCUT2D eigenvalue weighted by Gasteiger charge is -2.39. The molecule has 1 aliphatic carbocycles. The molecule has 1 aliphatic heterocycles. The van der Waals surface area contributed by atoms with Crippen molar-refractivity contribution >= 4 is 12.0 Å². The zero-order valence-electron chi connectivity index (χ0n) is 17.1. The van der Waals surface area contributed by atoms with Gasteiger partial charge >= 0.3 is 18.2 Å². The van der Waals surface area contributed by atoms with Crippen molar-refractivity contribution in [1.82, 2.24) is 9.80 Å². The molecule has 1 aromatic rings. The molecule has 3 rings (SSSR count).